The summed E-state index contributed by atoms with van der Waals surface area (Å²) in [7, 11) is 3.75. The highest BCUT2D eigenvalue weighted by Gasteiger charge is 2.41. The van der Waals surface area contributed by atoms with E-state index in [0.29, 0.717) is 5.92 Å². The van der Waals surface area contributed by atoms with Gasteiger partial charge in [0.1, 0.15) is 5.60 Å². The van der Waals surface area contributed by atoms with Gasteiger partial charge < -0.3 is 15.0 Å². The molecule has 0 bridgehead atoms. The molecule has 4 heteroatoms. The quantitative estimate of drug-likeness (QED) is 0.453. The fourth-order valence-electron chi connectivity index (χ4n) is 5.05. The number of benzene rings is 2. The molecule has 3 nitrogen and oxygen atoms in total. The van der Waals surface area contributed by atoms with Gasteiger partial charge in [0.25, 0.3) is 0 Å². The smallest absolute Gasteiger partial charge is 0.108 e. The molecule has 1 saturated carbocycles. The summed E-state index contributed by atoms with van der Waals surface area (Å²) in [5.74, 6) is 0.656. The molecule has 154 valence electrons. The van der Waals surface area contributed by atoms with E-state index in [9.17, 15) is 0 Å². The van der Waals surface area contributed by atoms with E-state index in [-0.39, 0.29) is 5.60 Å². The van der Waals surface area contributed by atoms with E-state index in [0.717, 1.165) is 30.3 Å². The van der Waals surface area contributed by atoms with Gasteiger partial charge in [-0.1, -0.05) is 46.3 Å². The van der Waals surface area contributed by atoms with Crippen molar-refractivity contribution in [2.45, 2.75) is 50.0 Å². The second-order valence-corrected chi connectivity index (χ2v) is 9.22. The predicted molar refractivity (Wildman–Crippen MR) is 125 cm³/mol. The third-order valence-electron chi connectivity index (χ3n) is 6.36. The van der Waals surface area contributed by atoms with Crippen LogP contribution in [-0.2, 0) is 16.8 Å². The molecule has 0 radical (unpaired) electrons. The van der Waals surface area contributed by atoms with Gasteiger partial charge in [0.2, 0.25) is 0 Å². The molecule has 29 heavy (non-hydrogen) atoms. The second-order valence-electron chi connectivity index (χ2n) is 8.30. The summed E-state index contributed by atoms with van der Waals surface area (Å²) in [6.45, 7) is 0.836. The van der Waals surface area contributed by atoms with Crippen molar-refractivity contribution in [1.82, 2.24) is 10.3 Å². The summed E-state index contributed by atoms with van der Waals surface area (Å²) < 4.78 is 7.66. The molecule has 2 aromatic carbocycles. The molecule has 3 aromatic rings. The Labute approximate surface area is 182 Å². The van der Waals surface area contributed by atoms with E-state index in [1.807, 2.05) is 14.1 Å². The van der Waals surface area contributed by atoms with Gasteiger partial charge in [0.05, 0.1) is 12.3 Å². The fourth-order valence-corrected chi connectivity index (χ4v) is 5.41. The Morgan fingerprint density at radius 3 is 2.66 bits per heavy atom. The average Bonchev–Trinajstić information content (AvgIpc) is 2.97. The highest BCUT2D eigenvalue weighted by atomic mass is 79.9. The molecule has 0 amide bonds. The molecule has 0 saturated heterocycles. The molecular weight excluding hydrogens is 424 g/mol. The van der Waals surface area contributed by atoms with Crippen molar-refractivity contribution < 1.29 is 4.74 Å². The van der Waals surface area contributed by atoms with Crippen LogP contribution in [0.3, 0.4) is 0 Å². The third kappa shape index (κ3) is 4.16. The summed E-state index contributed by atoms with van der Waals surface area (Å²) in [4.78, 5) is 3.74. The number of hydrogen-bond acceptors (Lipinski definition) is 2. The Hall–Kier alpha value is -1.62. The molecule has 1 aliphatic heterocycles. The van der Waals surface area contributed by atoms with Crippen LogP contribution in [0, 0.1) is 0 Å². The maximum absolute atomic E-state index is 6.51. The van der Waals surface area contributed by atoms with Crippen molar-refractivity contribution in [3.8, 4) is 0 Å². The van der Waals surface area contributed by atoms with Gasteiger partial charge in [-0.2, -0.15) is 0 Å². The number of nitrogens with one attached hydrogen (secondary N) is 2. The molecule has 2 unspecified atom stereocenters. The molecule has 1 aliphatic carbocycles. The number of rotatable bonds is 1. The number of hydrogen-bond donors (Lipinski definition) is 2. The van der Waals surface area contributed by atoms with Crippen LogP contribution < -0.4 is 5.32 Å². The Kier molecular flexibility index (Phi) is 6.43. The van der Waals surface area contributed by atoms with Gasteiger partial charge in [0, 0.05) is 15.4 Å². The number of halogens is 1. The predicted octanol–water partition coefficient (Wildman–Crippen LogP) is 6.28. The first kappa shape index (κ1) is 20.6. The fraction of sp³-hybridized carbons (Fsp3) is 0.440. The molecule has 1 fully saturated rings. The lowest BCUT2D eigenvalue weighted by atomic mass is 9.84. The largest absolute Gasteiger partial charge is 0.368 e. The number of H-pyrrole nitrogens is 1. The van der Waals surface area contributed by atoms with Crippen LogP contribution in [0.5, 0.6) is 0 Å². The van der Waals surface area contributed by atoms with Gasteiger partial charge in [0.15, 0.2) is 0 Å². The van der Waals surface area contributed by atoms with E-state index in [2.05, 4.69) is 74.8 Å². The highest BCUT2D eigenvalue weighted by molar-refractivity contribution is 9.10. The SMILES string of the molecule is Brc1ccc2[nH]c3c(c2c1)CCOC31CCCC(c2ccccc2)CC1.CNC. The normalized spacial score (nSPS) is 23.9. The van der Waals surface area contributed by atoms with Crippen molar-refractivity contribution in [3.63, 3.8) is 0 Å². The number of aromatic amines is 1. The van der Waals surface area contributed by atoms with Crippen LogP contribution in [0.15, 0.2) is 53.0 Å². The monoisotopic (exact) mass is 454 g/mol. The summed E-state index contributed by atoms with van der Waals surface area (Å²) >= 11 is 3.63. The summed E-state index contributed by atoms with van der Waals surface area (Å²) in [6, 6.07) is 17.6. The first-order valence-corrected chi connectivity index (χ1v) is 11.5. The zero-order valence-electron chi connectivity index (χ0n) is 17.4. The van der Waals surface area contributed by atoms with E-state index in [1.165, 1.54) is 47.0 Å². The molecule has 2 atom stereocenters. The lowest BCUT2D eigenvalue weighted by Crippen LogP contribution is -2.35. The van der Waals surface area contributed by atoms with Crippen molar-refractivity contribution in [2.24, 2.45) is 0 Å². The molecule has 2 aliphatic rings. The van der Waals surface area contributed by atoms with E-state index in [1.54, 1.807) is 0 Å². The maximum atomic E-state index is 6.51. The Bertz CT molecular complexity index is 952. The Morgan fingerprint density at radius 2 is 1.86 bits per heavy atom. The van der Waals surface area contributed by atoms with Crippen LogP contribution in [0.25, 0.3) is 10.9 Å². The van der Waals surface area contributed by atoms with Crippen LogP contribution in [0.1, 0.15) is 54.8 Å². The molecule has 2 heterocycles. The van der Waals surface area contributed by atoms with Gasteiger partial charge >= 0.3 is 0 Å². The van der Waals surface area contributed by atoms with Gasteiger partial charge in [-0.3, -0.25) is 0 Å². The number of ether oxygens (including phenoxy) is 1. The molecule has 2 N–H and O–H groups in total. The molecular formula is C25H31BrN2O. The van der Waals surface area contributed by atoms with Crippen molar-refractivity contribution in [2.75, 3.05) is 20.7 Å². The zero-order chi connectivity index (χ0) is 20.3. The minimum absolute atomic E-state index is 0.122. The van der Waals surface area contributed by atoms with Gasteiger partial charge in [-0.15, -0.1) is 0 Å². The minimum Gasteiger partial charge on any atom is -0.368 e. The lowest BCUT2D eigenvalue weighted by molar-refractivity contribution is -0.0739. The Balaban J connectivity index is 0.000000645. The first-order chi connectivity index (χ1) is 14.2. The second kappa shape index (κ2) is 9.03. The molecule has 1 aromatic heterocycles. The van der Waals surface area contributed by atoms with E-state index < -0.39 is 0 Å². The van der Waals surface area contributed by atoms with Gasteiger partial charge in [-0.05, 0) is 87.9 Å². The van der Waals surface area contributed by atoms with Crippen LogP contribution >= 0.6 is 15.9 Å². The number of fused-ring (bicyclic) bond motifs is 4. The Morgan fingerprint density at radius 1 is 1.07 bits per heavy atom. The lowest BCUT2D eigenvalue weighted by Gasteiger charge is -2.37. The average molecular weight is 455 g/mol. The van der Waals surface area contributed by atoms with Crippen LogP contribution in [-0.4, -0.2) is 25.7 Å². The highest BCUT2D eigenvalue weighted by Crippen LogP contribution is 2.47. The number of aromatic nitrogens is 1. The van der Waals surface area contributed by atoms with Crippen LogP contribution in [0.4, 0.5) is 0 Å². The zero-order valence-corrected chi connectivity index (χ0v) is 19.0. The van der Waals surface area contributed by atoms with Crippen LogP contribution in [0.2, 0.25) is 0 Å². The molecule has 1 spiro atoms. The standard InChI is InChI=1S/C23H24BrNO.C2H7N/c24-18-8-9-21-20(15-18)19-11-14-26-23(22(19)25-21)12-4-7-17(10-13-23)16-5-2-1-3-6-16;1-3-2/h1-3,5-6,8-9,15,17,25H,4,7,10-14H2;3H,1-2H3. The van der Waals surface area contributed by atoms with Crippen molar-refractivity contribution in [1.29, 1.82) is 0 Å². The third-order valence-corrected chi connectivity index (χ3v) is 6.85. The topological polar surface area (TPSA) is 37.0 Å². The molecule has 5 rings (SSSR count). The maximum Gasteiger partial charge on any atom is 0.108 e. The van der Waals surface area contributed by atoms with Crippen molar-refractivity contribution >= 4 is 26.8 Å². The van der Waals surface area contributed by atoms with E-state index >= 15 is 0 Å². The minimum atomic E-state index is -0.122. The van der Waals surface area contributed by atoms with Crippen molar-refractivity contribution in [3.05, 3.63) is 69.8 Å². The summed E-state index contributed by atoms with van der Waals surface area (Å²) in [5, 5.41) is 4.11. The van der Waals surface area contributed by atoms with Gasteiger partial charge in [-0.25, -0.2) is 0 Å². The first-order valence-electron chi connectivity index (χ1n) is 10.7. The summed E-state index contributed by atoms with van der Waals surface area (Å²) in [6.07, 6.45) is 6.91. The summed E-state index contributed by atoms with van der Waals surface area (Å²) in [5.41, 5.74) is 5.44. The van der Waals surface area contributed by atoms with E-state index in [4.69, 9.17) is 4.74 Å².